The smallest absolute Gasteiger partial charge is 0.307 e. The van der Waals surface area contributed by atoms with Gasteiger partial charge in [-0.2, -0.15) is 0 Å². The predicted octanol–water partition coefficient (Wildman–Crippen LogP) is 3.60. The van der Waals surface area contributed by atoms with Crippen molar-refractivity contribution in [1.82, 2.24) is 0 Å². The van der Waals surface area contributed by atoms with Crippen molar-refractivity contribution in [2.75, 3.05) is 10.6 Å². The molecule has 1 fully saturated rings. The molecule has 8 heteroatoms. The Balaban J connectivity index is 1.51. The van der Waals surface area contributed by atoms with E-state index in [4.69, 9.17) is 0 Å². The van der Waals surface area contributed by atoms with Crippen LogP contribution in [0.4, 0.5) is 15.1 Å². The zero-order chi connectivity index (χ0) is 19.8. The van der Waals surface area contributed by atoms with Gasteiger partial charge in [0, 0.05) is 0 Å². The lowest BCUT2D eigenvalue weighted by Crippen LogP contribution is -2.36. The summed E-state index contributed by atoms with van der Waals surface area (Å²) in [7, 11) is 0. The standard InChI is InChI=1S/C20H17FN2O4S/c21-13-3-1-2-4-14(13)22-17(24)12-7-8-28-19(12)23-18(25)15-10-5-6-11(9-10)16(15)20(26)27/h1-8,10-11,15-16H,9H2,(H,22,24)(H,23,25)(H,26,27)/t10-,11+,15-,16-/m0/s1. The lowest BCUT2D eigenvalue weighted by molar-refractivity contribution is -0.146. The summed E-state index contributed by atoms with van der Waals surface area (Å²) in [6.45, 7) is 0. The predicted molar refractivity (Wildman–Crippen MR) is 103 cm³/mol. The molecule has 0 aliphatic heterocycles. The van der Waals surface area contributed by atoms with E-state index in [0.717, 1.165) is 11.3 Å². The monoisotopic (exact) mass is 400 g/mol. The van der Waals surface area contributed by atoms with Gasteiger partial charge in [-0.05, 0) is 41.8 Å². The maximum absolute atomic E-state index is 13.8. The molecule has 1 heterocycles. The highest BCUT2D eigenvalue weighted by Gasteiger charge is 2.51. The van der Waals surface area contributed by atoms with Gasteiger partial charge in [-0.1, -0.05) is 24.3 Å². The van der Waals surface area contributed by atoms with Crippen molar-refractivity contribution in [2.24, 2.45) is 23.7 Å². The van der Waals surface area contributed by atoms with E-state index >= 15 is 0 Å². The van der Waals surface area contributed by atoms with Crippen LogP contribution in [-0.4, -0.2) is 22.9 Å². The van der Waals surface area contributed by atoms with E-state index in [9.17, 15) is 23.9 Å². The number of rotatable bonds is 5. The van der Waals surface area contributed by atoms with Crippen LogP contribution in [0.3, 0.4) is 0 Å². The maximum atomic E-state index is 13.8. The van der Waals surface area contributed by atoms with Crippen LogP contribution in [0.5, 0.6) is 0 Å². The molecule has 0 saturated heterocycles. The van der Waals surface area contributed by atoms with Gasteiger partial charge in [-0.15, -0.1) is 11.3 Å². The molecule has 0 spiro atoms. The summed E-state index contributed by atoms with van der Waals surface area (Å²) in [4.78, 5) is 36.9. The minimum absolute atomic E-state index is 0.0418. The number of carbonyl (C=O) groups is 3. The second-order valence-electron chi connectivity index (χ2n) is 6.92. The van der Waals surface area contributed by atoms with Gasteiger partial charge in [-0.25, -0.2) is 4.39 Å². The van der Waals surface area contributed by atoms with Gasteiger partial charge in [0.25, 0.3) is 5.91 Å². The van der Waals surface area contributed by atoms with Crippen LogP contribution in [0.25, 0.3) is 0 Å². The first-order valence-corrected chi connectivity index (χ1v) is 9.69. The van der Waals surface area contributed by atoms with Gasteiger partial charge >= 0.3 is 5.97 Å². The Labute approximate surface area is 164 Å². The van der Waals surface area contributed by atoms with E-state index in [1.54, 1.807) is 11.4 Å². The van der Waals surface area contributed by atoms with Crippen molar-refractivity contribution in [3.63, 3.8) is 0 Å². The summed E-state index contributed by atoms with van der Waals surface area (Å²) in [5.74, 6) is -4.18. The largest absolute Gasteiger partial charge is 0.481 e. The van der Waals surface area contributed by atoms with Crippen molar-refractivity contribution in [3.8, 4) is 0 Å². The number of carboxylic acids is 1. The molecule has 4 atom stereocenters. The number of hydrogen-bond acceptors (Lipinski definition) is 4. The van der Waals surface area contributed by atoms with Gasteiger partial charge in [0.05, 0.1) is 23.1 Å². The maximum Gasteiger partial charge on any atom is 0.307 e. The quantitative estimate of drug-likeness (QED) is 0.668. The molecule has 2 amide bonds. The van der Waals surface area contributed by atoms with E-state index in [0.29, 0.717) is 11.4 Å². The average molecular weight is 400 g/mol. The number of fused-ring (bicyclic) bond motifs is 2. The number of nitrogens with one attached hydrogen (secondary N) is 2. The molecule has 144 valence electrons. The molecule has 0 unspecified atom stereocenters. The minimum Gasteiger partial charge on any atom is -0.481 e. The molecule has 2 aliphatic carbocycles. The molecule has 6 nitrogen and oxygen atoms in total. The average Bonchev–Trinajstić information content (AvgIpc) is 3.38. The Morgan fingerprint density at radius 1 is 1.04 bits per heavy atom. The topological polar surface area (TPSA) is 95.5 Å². The second kappa shape index (κ2) is 7.20. The van der Waals surface area contributed by atoms with Crippen LogP contribution < -0.4 is 10.6 Å². The molecule has 2 aromatic rings. The lowest BCUT2D eigenvalue weighted by Gasteiger charge is -2.23. The molecule has 2 bridgehead atoms. The van der Waals surface area contributed by atoms with E-state index in [2.05, 4.69) is 10.6 Å². The fourth-order valence-corrected chi connectivity index (χ4v) is 4.84. The van der Waals surface area contributed by atoms with Crippen molar-refractivity contribution in [2.45, 2.75) is 6.42 Å². The summed E-state index contributed by atoms with van der Waals surface area (Å²) < 4.78 is 13.8. The number of anilines is 2. The molecule has 1 saturated carbocycles. The summed E-state index contributed by atoms with van der Waals surface area (Å²) in [5, 5.41) is 16.7. The zero-order valence-corrected chi connectivity index (χ0v) is 15.4. The van der Waals surface area contributed by atoms with Crippen molar-refractivity contribution < 1.29 is 23.9 Å². The fraction of sp³-hybridized carbons (Fsp3) is 0.250. The Morgan fingerprint density at radius 3 is 2.46 bits per heavy atom. The molecule has 1 aromatic heterocycles. The van der Waals surface area contributed by atoms with E-state index < -0.39 is 35.4 Å². The summed E-state index contributed by atoms with van der Waals surface area (Å²) in [6, 6.07) is 7.33. The van der Waals surface area contributed by atoms with Crippen LogP contribution in [0, 0.1) is 29.5 Å². The molecule has 3 N–H and O–H groups in total. The SMILES string of the molecule is O=C(Nc1ccccc1F)c1ccsc1NC(=O)[C@@H]1[C@@H](C(=O)O)[C@@H]2C=C[C@H]1C2. The highest BCUT2D eigenvalue weighted by atomic mass is 32.1. The van der Waals surface area contributed by atoms with Gasteiger partial charge < -0.3 is 15.7 Å². The summed E-state index contributed by atoms with van der Waals surface area (Å²) in [5.41, 5.74) is 0.243. The number of aliphatic carboxylic acids is 1. The van der Waals surface area contributed by atoms with Crippen molar-refractivity contribution >= 4 is 39.8 Å². The number of para-hydroxylation sites is 1. The number of thiophene rings is 1. The Morgan fingerprint density at radius 2 is 1.75 bits per heavy atom. The highest BCUT2D eigenvalue weighted by Crippen LogP contribution is 2.48. The van der Waals surface area contributed by atoms with Crippen LogP contribution in [0.15, 0.2) is 47.9 Å². The molecular weight excluding hydrogens is 383 g/mol. The van der Waals surface area contributed by atoms with Gasteiger partial charge in [0.15, 0.2) is 0 Å². The van der Waals surface area contributed by atoms with Crippen LogP contribution in [-0.2, 0) is 9.59 Å². The minimum atomic E-state index is -0.985. The third kappa shape index (κ3) is 3.20. The normalized spacial score (nSPS) is 24.9. The molecule has 28 heavy (non-hydrogen) atoms. The Kier molecular flexibility index (Phi) is 4.72. The third-order valence-electron chi connectivity index (χ3n) is 5.32. The lowest BCUT2D eigenvalue weighted by atomic mass is 9.82. The number of amides is 2. The van der Waals surface area contributed by atoms with Gasteiger partial charge in [-0.3, -0.25) is 14.4 Å². The van der Waals surface area contributed by atoms with Gasteiger partial charge in [0.2, 0.25) is 5.91 Å². The zero-order valence-electron chi connectivity index (χ0n) is 14.6. The number of hydrogen-bond donors (Lipinski definition) is 3. The van der Waals surface area contributed by atoms with E-state index in [-0.39, 0.29) is 23.1 Å². The first-order valence-electron chi connectivity index (χ1n) is 8.81. The molecular formula is C20H17FN2O4S. The summed E-state index contributed by atoms with van der Waals surface area (Å²) >= 11 is 1.16. The first kappa shape index (κ1) is 18.4. The van der Waals surface area contributed by atoms with Crippen molar-refractivity contribution in [1.29, 1.82) is 0 Å². The Bertz CT molecular complexity index is 986. The number of benzene rings is 1. The van der Waals surface area contributed by atoms with Crippen LogP contribution in [0.2, 0.25) is 0 Å². The van der Waals surface area contributed by atoms with E-state index in [1.165, 1.54) is 24.3 Å². The van der Waals surface area contributed by atoms with Crippen molar-refractivity contribution in [3.05, 3.63) is 59.2 Å². The Hall–Kier alpha value is -3.00. The third-order valence-corrected chi connectivity index (χ3v) is 6.15. The first-order chi connectivity index (χ1) is 13.5. The highest BCUT2D eigenvalue weighted by molar-refractivity contribution is 7.14. The molecule has 2 aliphatic rings. The second-order valence-corrected chi connectivity index (χ2v) is 7.84. The number of carboxylic acid groups (broad SMARTS) is 1. The summed E-state index contributed by atoms with van der Waals surface area (Å²) in [6.07, 6.45) is 4.42. The molecule has 4 rings (SSSR count). The molecule has 1 aromatic carbocycles. The number of allylic oxidation sites excluding steroid dienone is 2. The number of halogens is 1. The van der Waals surface area contributed by atoms with Crippen LogP contribution >= 0.6 is 11.3 Å². The number of carbonyl (C=O) groups excluding carboxylic acids is 2. The molecule has 0 radical (unpaired) electrons. The van der Waals surface area contributed by atoms with E-state index in [1.807, 2.05) is 12.2 Å². The van der Waals surface area contributed by atoms with Crippen LogP contribution in [0.1, 0.15) is 16.8 Å². The fourth-order valence-electron chi connectivity index (χ4n) is 4.05. The van der Waals surface area contributed by atoms with Gasteiger partial charge in [0.1, 0.15) is 10.8 Å².